The molecule has 0 bridgehead atoms. The molecular weight excluding hydrogens is 190 g/mol. The van der Waals surface area contributed by atoms with Gasteiger partial charge in [-0.3, -0.25) is 0 Å². The summed E-state index contributed by atoms with van der Waals surface area (Å²) in [6.45, 7) is 2.76. The van der Waals surface area contributed by atoms with Crippen LogP contribution in [0.1, 0.15) is 24.5 Å². The van der Waals surface area contributed by atoms with Crippen molar-refractivity contribution in [1.29, 1.82) is 0 Å². The minimum atomic E-state index is 0.551. The maximum Gasteiger partial charge on any atom is 0.171 e. The molecule has 1 aromatic carbocycles. The smallest absolute Gasteiger partial charge is 0.171 e. The Morgan fingerprint density at radius 2 is 2.33 bits per heavy atom. The van der Waals surface area contributed by atoms with Crippen LogP contribution in [-0.2, 0) is 17.9 Å². The Labute approximate surface area is 90.3 Å². The van der Waals surface area contributed by atoms with Crippen LogP contribution in [0.4, 0.5) is 0 Å². The highest BCUT2D eigenvalue weighted by atomic mass is 17.2. The molecule has 1 N–H and O–H groups in total. The van der Waals surface area contributed by atoms with E-state index in [9.17, 15) is 0 Å². The largest absolute Gasteiger partial charge is 0.337 e. The topological polar surface area (TPSA) is 30.5 Å². The molecule has 3 heteroatoms. The SMILES string of the molecule is CNC(C)CCc1ccc2c(c1)OOC2. The fourth-order valence-corrected chi connectivity index (χ4v) is 1.64. The zero-order valence-electron chi connectivity index (χ0n) is 9.25. The lowest BCUT2D eigenvalue weighted by Crippen LogP contribution is -2.21. The standard InChI is InChI=1S/C12H17NO2/c1-9(13-2)3-4-10-5-6-11-8-14-15-12(11)7-10/h5-7,9,13H,3-4,8H2,1-2H3. The van der Waals surface area contributed by atoms with Gasteiger partial charge in [-0.2, -0.15) is 4.89 Å². The van der Waals surface area contributed by atoms with Crippen molar-refractivity contribution in [2.45, 2.75) is 32.4 Å². The molecule has 1 atom stereocenters. The van der Waals surface area contributed by atoms with Gasteiger partial charge < -0.3 is 10.2 Å². The van der Waals surface area contributed by atoms with Crippen LogP contribution in [0.5, 0.6) is 5.75 Å². The van der Waals surface area contributed by atoms with Gasteiger partial charge in [-0.15, -0.1) is 0 Å². The molecule has 1 aromatic rings. The van der Waals surface area contributed by atoms with E-state index in [1.807, 2.05) is 7.05 Å². The highest BCUT2D eigenvalue weighted by Gasteiger charge is 2.13. The molecule has 1 aliphatic heterocycles. The number of hydrogen-bond acceptors (Lipinski definition) is 3. The van der Waals surface area contributed by atoms with Gasteiger partial charge in [0.15, 0.2) is 5.75 Å². The van der Waals surface area contributed by atoms with Crippen molar-refractivity contribution in [2.24, 2.45) is 0 Å². The minimum absolute atomic E-state index is 0.551. The zero-order chi connectivity index (χ0) is 10.7. The van der Waals surface area contributed by atoms with E-state index >= 15 is 0 Å². The summed E-state index contributed by atoms with van der Waals surface area (Å²) < 4.78 is 0. The number of benzene rings is 1. The molecule has 15 heavy (non-hydrogen) atoms. The molecule has 82 valence electrons. The van der Waals surface area contributed by atoms with Crippen LogP contribution < -0.4 is 10.2 Å². The van der Waals surface area contributed by atoms with Crippen molar-refractivity contribution in [1.82, 2.24) is 5.32 Å². The molecule has 0 fully saturated rings. The molecule has 2 rings (SSSR count). The summed E-state index contributed by atoms with van der Waals surface area (Å²) in [4.78, 5) is 9.96. The Bertz CT molecular complexity index is 338. The van der Waals surface area contributed by atoms with Gasteiger partial charge in [0.1, 0.15) is 6.61 Å². The molecule has 0 saturated heterocycles. The van der Waals surface area contributed by atoms with E-state index in [0.717, 1.165) is 24.2 Å². The van der Waals surface area contributed by atoms with Gasteiger partial charge in [0.05, 0.1) is 0 Å². The van der Waals surface area contributed by atoms with Crippen LogP contribution in [0.2, 0.25) is 0 Å². The third-order valence-electron chi connectivity index (χ3n) is 2.85. The van der Waals surface area contributed by atoms with Gasteiger partial charge >= 0.3 is 0 Å². The molecule has 1 aliphatic rings. The van der Waals surface area contributed by atoms with Gasteiger partial charge in [0, 0.05) is 11.6 Å². The molecule has 0 radical (unpaired) electrons. The summed E-state index contributed by atoms with van der Waals surface area (Å²) >= 11 is 0. The van der Waals surface area contributed by atoms with Crippen molar-refractivity contribution in [2.75, 3.05) is 7.05 Å². The van der Waals surface area contributed by atoms with Crippen molar-refractivity contribution >= 4 is 0 Å². The van der Waals surface area contributed by atoms with Crippen molar-refractivity contribution in [3.63, 3.8) is 0 Å². The molecule has 1 unspecified atom stereocenters. The highest BCUT2D eigenvalue weighted by Crippen LogP contribution is 2.27. The fraction of sp³-hybridized carbons (Fsp3) is 0.500. The lowest BCUT2D eigenvalue weighted by Gasteiger charge is -2.09. The fourth-order valence-electron chi connectivity index (χ4n) is 1.64. The van der Waals surface area contributed by atoms with E-state index < -0.39 is 0 Å². The average Bonchev–Trinajstić information content (AvgIpc) is 2.72. The Kier molecular flexibility index (Phi) is 3.23. The maximum atomic E-state index is 5.06. The van der Waals surface area contributed by atoms with E-state index in [0.29, 0.717) is 12.6 Å². The van der Waals surface area contributed by atoms with Gasteiger partial charge in [0.25, 0.3) is 0 Å². The van der Waals surface area contributed by atoms with Gasteiger partial charge in [-0.1, -0.05) is 12.1 Å². The second-order valence-electron chi connectivity index (χ2n) is 4.02. The Morgan fingerprint density at radius 3 is 3.13 bits per heavy atom. The number of fused-ring (bicyclic) bond motifs is 1. The van der Waals surface area contributed by atoms with Crippen LogP contribution in [0.15, 0.2) is 18.2 Å². The first-order valence-corrected chi connectivity index (χ1v) is 5.38. The molecular formula is C12H17NO2. The molecule has 3 nitrogen and oxygen atoms in total. The monoisotopic (exact) mass is 207 g/mol. The predicted molar refractivity (Wildman–Crippen MR) is 58.7 cm³/mol. The number of rotatable bonds is 4. The minimum Gasteiger partial charge on any atom is -0.337 e. The van der Waals surface area contributed by atoms with Gasteiger partial charge in [-0.25, -0.2) is 0 Å². The molecule has 0 saturated carbocycles. The number of nitrogens with one attached hydrogen (secondary N) is 1. The average molecular weight is 207 g/mol. The first-order valence-electron chi connectivity index (χ1n) is 5.38. The first kappa shape index (κ1) is 10.5. The Hall–Kier alpha value is -1.06. The van der Waals surface area contributed by atoms with E-state index in [2.05, 4.69) is 30.4 Å². The third kappa shape index (κ3) is 2.49. The van der Waals surface area contributed by atoms with Crippen LogP contribution in [0.3, 0.4) is 0 Å². The summed E-state index contributed by atoms with van der Waals surface area (Å²) in [5, 5.41) is 3.23. The highest BCUT2D eigenvalue weighted by molar-refractivity contribution is 5.38. The quantitative estimate of drug-likeness (QED) is 0.766. The number of aryl methyl sites for hydroxylation is 1. The molecule has 0 spiro atoms. The van der Waals surface area contributed by atoms with E-state index in [-0.39, 0.29) is 0 Å². The van der Waals surface area contributed by atoms with Gasteiger partial charge in [-0.05, 0) is 38.4 Å². The third-order valence-corrected chi connectivity index (χ3v) is 2.85. The summed E-state index contributed by atoms with van der Waals surface area (Å²) in [6.07, 6.45) is 2.20. The summed E-state index contributed by atoms with van der Waals surface area (Å²) in [5.41, 5.74) is 2.45. The van der Waals surface area contributed by atoms with Crippen LogP contribution in [0.25, 0.3) is 0 Å². The van der Waals surface area contributed by atoms with Gasteiger partial charge in [0.2, 0.25) is 0 Å². The zero-order valence-corrected chi connectivity index (χ0v) is 9.25. The predicted octanol–water partition coefficient (Wildman–Crippen LogP) is 2.05. The molecule has 0 amide bonds. The molecule has 0 aliphatic carbocycles. The van der Waals surface area contributed by atoms with Crippen LogP contribution in [0, 0.1) is 0 Å². The summed E-state index contributed by atoms with van der Waals surface area (Å²) in [7, 11) is 1.99. The van der Waals surface area contributed by atoms with Crippen LogP contribution >= 0.6 is 0 Å². The normalized spacial score (nSPS) is 15.9. The van der Waals surface area contributed by atoms with Crippen molar-refractivity contribution in [3.05, 3.63) is 29.3 Å². The summed E-state index contributed by atoms with van der Waals surface area (Å²) in [6, 6.07) is 6.86. The molecule has 1 heterocycles. The lowest BCUT2D eigenvalue weighted by atomic mass is 10.0. The second-order valence-corrected chi connectivity index (χ2v) is 4.02. The van der Waals surface area contributed by atoms with Crippen molar-refractivity contribution in [3.8, 4) is 5.75 Å². The summed E-state index contributed by atoms with van der Waals surface area (Å²) in [5.74, 6) is 0.879. The first-order chi connectivity index (χ1) is 7.29. The Balaban J connectivity index is 1.98. The maximum absolute atomic E-state index is 5.06. The van der Waals surface area contributed by atoms with E-state index in [1.54, 1.807) is 0 Å². The Morgan fingerprint density at radius 1 is 1.47 bits per heavy atom. The second kappa shape index (κ2) is 4.64. The molecule has 0 aromatic heterocycles. The number of hydrogen-bond donors (Lipinski definition) is 1. The van der Waals surface area contributed by atoms with Crippen molar-refractivity contribution < 1.29 is 9.78 Å². The van der Waals surface area contributed by atoms with Crippen LogP contribution in [-0.4, -0.2) is 13.1 Å². The van der Waals surface area contributed by atoms with E-state index in [1.165, 1.54) is 5.56 Å². The van der Waals surface area contributed by atoms with E-state index in [4.69, 9.17) is 9.78 Å². The lowest BCUT2D eigenvalue weighted by molar-refractivity contribution is -0.194.